The zero-order valence-corrected chi connectivity index (χ0v) is 11.4. The van der Waals surface area contributed by atoms with Gasteiger partial charge in [0.05, 0.1) is 5.69 Å². The molecule has 1 rings (SSSR count). The van der Waals surface area contributed by atoms with Crippen LogP contribution in [0.25, 0.3) is 5.57 Å². The minimum absolute atomic E-state index is 0.938. The van der Waals surface area contributed by atoms with E-state index in [-0.39, 0.29) is 0 Å². The Labute approximate surface area is 106 Å². The average molecular weight is 229 g/mol. The molecule has 0 aromatic carbocycles. The van der Waals surface area contributed by atoms with E-state index in [9.17, 15) is 0 Å². The van der Waals surface area contributed by atoms with Crippen LogP contribution in [0.3, 0.4) is 0 Å². The van der Waals surface area contributed by atoms with Crippen LogP contribution < -0.4 is 0 Å². The summed E-state index contributed by atoms with van der Waals surface area (Å²) in [5.74, 6) is 0. The molecule has 0 aliphatic rings. The molecule has 0 saturated carbocycles. The minimum atomic E-state index is 0.938. The van der Waals surface area contributed by atoms with Crippen LogP contribution in [0.1, 0.15) is 39.0 Å². The molecule has 92 valence electrons. The van der Waals surface area contributed by atoms with Gasteiger partial charge in [0.15, 0.2) is 0 Å². The molecule has 1 nitrogen and oxygen atoms in total. The number of nitrogens with zero attached hydrogens (tertiary/aromatic N) is 1. The molecule has 0 aliphatic heterocycles. The SMILES string of the molecule is C=C(/C=C\C=C/C)c1ccc(CC)cn1.CC. The van der Waals surface area contributed by atoms with Gasteiger partial charge < -0.3 is 0 Å². The molecule has 0 aliphatic carbocycles. The van der Waals surface area contributed by atoms with Gasteiger partial charge in [-0.3, -0.25) is 4.98 Å². The van der Waals surface area contributed by atoms with Crippen LogP contribution >= 0.6 is 0 Å². The fraction of sp³-hybridized carbons (Fsp3) is 0.312. The quantitative estimate of drug-likeness (QED) is 0.675. The van der Waals surface area contributed by atoms with E-state index in [1.165, 1.54) is 5.56 Å². The van der Waals surface area contributed by atoms with E-state index in [2.05, 4.69) is 24.6 Å². The fourth-order valence-corrected chi connectivity index (χ4v) is 1.19. The van der Waals surface area contributed by atoms with E-state index in [0.29, 0.717) is 0 Å². The van der Waals surface area contributed by atoms with Gasteiger partial charge in [-0.05, 0) is 30.5 Å². The minimum Gasteiger partial charge on any atom is -0.256 e. The summed E-state index contributed by atoms with van der Waals surface area (Å²) in [6.45, 7) is 12.1. The molecular formula is C16H23N. The third-order valence-corrected chi connectivity index (χ3v) is 2.16. The molecule has 0 bridgehead atoms. The van der Waals surface area contributed by atoms with Crippen molar-refractivity contribution in [1.29, 1.82) is 0 Å². The first kappa shape index (κ1) is 15.4. The van der Waals surface area contributed by atoms with Crippen LogP contribution in [0, 0.1) is 0 Å². The van der Waals surface area contributed by atoms with E-state index < -0.39 is 0 Å². The Kier molecular flexibility index (Phi) is 8.67. The fourth-order valence-electron chi connectivity index (χ4n) is 1.19. The molecule has 0 radical (unpaired) electrons. The van der Waals surface area contributed by atoms with Gasteiger partial charge in [-0.25, -0.2) is 0 Å². The van der Waals surface area contributed by atoms with Gasteiger partial charge in [0, 0.05) is 6.20 Å². The molecule has 0 saturated heterocycles. The summed E-state index contributed by atoms with van der Waals surface area (Å²) >= 11 is 0. The van der Waals surface area contributed by atoms with Gasteiger partial charge in [-0.15, -0.1) is 0 Å². The highest BCUT2D eigenvalue weighted by atomic mass is 14.7. The Morgan fingerprint density at radius 2 is 2.00 bits per heavy atom. The normalized spacial score (nSPS) is 10.4. The highest BCUT2D eigenvalue weighted by molar-refractivity contribution is 5.69. The number of pyridine rings is 1. The average Bonchev–Trinajstić information content (AvgIpc) is 2.41. The molecule has 1 heteroatoms. The van der Waals surface area contributed by atoms with E-state index in [0.717, 1.165) is 17.7 Å². The third-order valence-electron chi connectivity index (χ3n) is 2.16. The Morgan fingerprint density at radius 3 is 2.47 bits per heavy atom. The molecule has 0 unspecified atom stereocenters. The maximum Gasteiger partial charge on any atom is 0.0696 e. The largest absolute Gasteiger partial charge is 0.256 e. The van der Waals surface area contributed by atoms with Crippen LogP contribution in [0.2, 0.25) is 0 Å². The van der Waals surface area contributed by atoms with Gasteiger partial charge in [0.1, 0.15) is 0 Å². The van der Waals surface area contributed by atoms with E-state index in [4.69, 9.17) is 0 Å². The van der Waals surface area contributed by atoms with Crippen molar-refractivity contribution in [2.45, 2.75) is 34.1 Å². The highest BCUT2D eigenvalue weighted by Gasteiger charge is 1.96. The molecule has 0 N–H and O–H groups in total. The summed E-state index contributed by atoms with van der Waals surface area (Å²) in [4.78, 5) is 4.35. The first-order valence-corrected chi connectivity index (χ1v) is 6.21. The van der Waals surface area contributed by atoms with Crippen molar-refractivity contribution in [1.82, 2.24) is 4.98 Å². The summed E-state index contributed by atoms with van der Waals surface area (Å²) in [5, 5.41) is 0. The Morgan fingerprint density at radius 1 is 1.29 bits per heavy atom. The van der Waals surface area contributed by atoms with E-state index >= 15 is 0 Å². The number of hydrogen-bond acceptors (Lipinski definition) is 1. The van der Waals surface area contributed by atoms with Crippen molar-refractivity contribution in [3.63, 3.8) is 0 Å². The summed E-state index contributed by atoms with van der Waals surface area (Å²) in [6.07, 6.45) is 10.8. The lowest BCUT2D eigenvalue weighted by molar-refractivity contribution is 1.10. The number of allylic oxidation sites excluding steroid dienone is 5. The second-order valence-electron chi connectivity index (χ2n) is 3.32. The standard InChI is InChI=1S/C14H17N.C2H6/c1-4-6-7-8-12(3)14-10-9-13(5-2)11-15-14;1-2/h4,6-11H,3,5H2,1-2H3;1-2H3/b6-4-,8-7-;. The maximum atomic E-state index is 4.35. The predicted octanol–water partition coefficient (Wildman–Crippen LogP) is 4.82. The van der Waals surface area contributed by atoms with E-state index in [1.54, 1.807) is 0 Å². The first-order chi connectivity index (χ1) is 8.27. The topological polar surface area (TPSA) is 12.9 Å². The third kappa shape index (κ3) is 5.86. The smallest absolute Gasteiger partial charge is 0.0696 e. The van der Waals surface area contributed by atoms with Crippen molar-refractivity contribution < 1.29 is 0 Å². The van der Waals surface area contributed by atoms with Gasteiger partial charge >= 0.3 is 0 Å². The van der Waals surface area contributed by atoms with E-state index in [1.807, 2.05) is 57.3 Å². The van der Waals surface area contributed by atoms with Gasteiger partial charge in [-0.2, -0.15) is 0 Å². The lowest BCUT2D eigenvalue weighted by Crippen LogP contribution is -1.88. The summed E-state index contributed by atoms with van der Waals surface area (Å²) in [7, 11) is 0. The monoisotopic (exact) mass is 229 g/mol. The molecule has 0 fully saturated rings. The lowest BCUT2D eigenvalue weighted by atomic mass is 10.1. The van der Waals surface area contributed by atoms with Crippen LogP contribution in [-0.2, 0) is 6.42 Å². The Bertz CT molecular complexity index is 369. The number of rotatable bonds is 4. The molecule has 1 heterocycles. The first-order valence-electron chi connectivity index (χ1n) is 6.21. The number of aryl methyl sites for hydroxylation is 1. The predicted molar refractivity (Wildman–Crippen MR) is 78.0 cm³/mol. The number of aromatic nitrogens is 1. The lowest BCUT2D eigenvalue weighted by Gasteiger charge is -2.00. The Balaban J connectivity index is 0.00000121. The van der Waals surface area contributed by atoms with Crippen molar-refractivity contribution in [3.05, 3.63) is 60.5 Å². The van der Waals surface area contributed by atoms with Crippen LogP contribution in [-0.4, -0.2) is 4.98 Å². The Hall–Kier alpha value is -1.63. The van der Waals surface area contributed by atoms with Crippen LogP contribution in [0.4, 0.5) is 0 Å². The van der Waals surface area contributed by atoms with Crippen LogP contribution in [0.5, 0.6) is 0 Å². The van der Waals surface area contributed by atoms with Crippen molar-refractivity contribution in [3.8, 4) is 0 Å². The molecule has 0 atom stereocenters. The molecule has 0 amide bonds. The molecule has 17 heavy (non-hydrogen) atoms. The second-order valence-corrected chi connectivity index (χ2v) is 3.32. The highest BCUT2D eigenvalue weighted by Crippen LogP contribution is 2.11. The van der Waals surface area contributed by atoms with Gasteiger partial charge in [0.25, 0.3) is 0 Å². The molecule has 0 spiro atoms. The van der Waals surface area contributed by atoms with Crippen molar-refractivity contribution >= 4 is 5.57 Å². The summed E-state index contributed by atoms with van der Waals surface area (Å²) in [6, 6.07) is 4.11. The van der Waals surface area contributed by atoms with Crippen molar-refractivity contribution in [2.75, 3.05) is 0 Å². The van der Waals surface area contributed by atoms with Crippen molar-refractivity contribution in [2.24, 2.45) is 0 Å². The zero-order valence-electron chi connectivity index (χ0n) is 11.4. The molecule has 1 aromatic rings. The second kappa shape index (κ2) is 9.59. The zero-order chi connectivity index (χ0) is 13.1. The van der Waals surface area contributed by atoms with Gasteiger partial charge in [-0.1, -0.05) is 57.7 Å². The number of hydrogen-bond donors (Lipinski definition) is 0. The summed E-state index contributed by atoms with van der Waals surface area (Å²) in [5.41, 5.74) is 3.13. The maximum absolute atomic E-state index is 4.35. The van der Waals surface area contributed by atoms with Crippen LogP contribution in [0.15, 0.2) is 49.2 Å². The summed E-state index contributed by atoms with van der Waals surface area (Å²) < 4.78 is 0. The molecule has 1 aromatic heterocycles. The molecular weight excluding hydrogens is 206 g/mol. The van der Waals surface area contributed by atoms with Gasteiger partial charge in [0.2, 0.25) is 0 Å².